The van der Waals surface area contributed by atoms with Gasteiger partial charge in [-0.2, -0.15) is 0 Å². The SMILES string of the molecule is CC(C)C1C(=O)NCCN1CC(=O)Nc1ccccc1Sc1ccccc1. The molecule has 0 aliphatic carbocycles. The first kappa shape index (κ1) is 19.5. The number of piperazine rings is 1. The highest BCUT2D eigenvalue weighted by atomic mass is 32.2. The van der Waals surface area contributed by atoms with Crippen LogP contribution in [0.2, 0.25) is 0 Å². The number of benzene rings is 2. The molecule has 142 valence electrons. The zero-order valence-electron chi connectivity index (χ0n) is 15.6. The molecule has 0 aromatic heterocycles. The van der Waals surface area contributed by atoms with Crippen molar-refractivity contribution in [3.63, 3.8) is 0 Å². The van der Waals surface area contributed by atoms with Crippen LogP contribution in [-0.4, -0.2) is 42.4 Å². The maximum atomic E-state index is 12.7. The Labute approximate surface area is 164 Å². The largest absolute Gasteiger partial charge is 0.353 e. The van der Waals surface area contributed by atoms with E-state index < -0.39 is 0 Å². The maximum Gasteiger partial charge on any atom is 0.238 e. The van der Waals surface area contributed by atoms with Gasteiger partial charge in [-0.15, -0.1) is 0 Å². The fourth-order valence-electron chi connectivity index (χ4n) is 3.28. The van der Waals surface area contributed by atoms with E-state index in [4.69, 9.17) is 0 Å². The molecule has 0 spiro atoms. The fraction of sp³-hybridized carbons (Fsp3) is 0.333. The second-order valence-electron chi connectivity index (χ2n) is 6.91. The minimum Gasteiger partial charge on any atom is -0.353 e. The average molecular weight is 384 g/mol. The minimum absolute atomic E-state index is 0.00378. The van der Waals surface area contributed by atoms with Crippen molar-refractivity contribution < 1.29 is 9.59 Å². The number of hydrogen-bond donors (Lipinski definition) is 2. The van der Waals surface area contributed by atoms with Crippen molar-refractivity contribution >= 4 is 29.3 Å². The molecule has 2 aromatic carbocycles. The molecule has 2 amide bonds. The van der Waals surface area contributed by atoms with E-state index in [0.29, 0.717) is 13.1 Å². The van der Waals surface area contributed by atoms with Gasteiger partial charge in [0.05, 0.1) is 18.3 Å². The van der Waals surface area contributed by atoms with E-state index in [0.717, 1.165) is 15.5 Å². The summed E-state index contributed by atoms with van der Waals surface area (Å²) in [5, 5.41) is 5.91. The first-order chi connectivity index (χ1) is 13.0. The van der Waals surface area contributed by atoms with Gasteiger partial charge < -0.3 is 10.6 Å². The number of rotatable bonds is 6. The van der Waals surface area contributed by atoms with Gasteiger partial charge in [0, 0.05) is 22.9 Å². The molecule has 2 aromatic rings. The summed E-state index contributed by atoms with van der Waals surface area (Å²) in [7, 11) is 0. The molecule has 2 N–H and O–H groups in total. The van der Waals surface area contributed by atoms with Crippen molar-refractivity contribution in [3.05, 3.63) is 54.6 Å². The van der Waals surface area contributed by atoms with Crippen LogP contribution in [0.25, 0.3) is 0 Å². The number of hydrogen-bond acceptors (Lipinski definition) is 4. The first-order valence-corrected chi connectivity index (χ1v) is 10.00. The van der Waals surface area contributed by atoms with Crippen LogP contribution in [0.5, 0.6) is 0 Å². The highest BCUT2D eigenvalue weighted by molar-refractivity contribution is 7.99. The molecule has 27 heavy (non-hydrogen) atoms. The number of para-hydroxylation sites is 1. The zero-order chi connectivity index (χ0) is 19.2. The second-order valence-corrected chi connectivity index (χ2v) is 8.03. The molecule has 1 heterocycles. The van der Waals surface area contributed by atoms with Gasteiger partial charge in [0.15, 0.2) is 0 Å². The van der Waals surface area contributed by atoms with Gasteiger partial charge in [-0.05, 0) is 30.2 Å². The number of carbonyl (C=O) groups is 2. The Bertz CT molecular complexity index is 795. The van der Waals surface area contributed by atoms with Crippen LogP contribution in [-0.2, 0) is 9.59 Å². The Morgan fingerprint density at radius 2 is 1.89 bits per heavy atom. The van der Waals surface area contributed by atoms with Gasteiger partial charge in [0.1, 0.15) is 0 Å². The predicted octanol–water partition coefficient (Wildman–Crippen LogP) is 3.23. The van der Waals surface area contributed by atoms with Crippen molar-refractivity contribution in [2.75, 3.05) is 25.0 Å². The molecule has 1 saturated heterocycles. The molecule has 0 saturated carbocycles. The molecule has 1 fully saturated rings. The lowest BCUT2D eigenvalue weighted by molar-refractivity contribution is -0.132. The van der Waals surface area contributed by atoms with Crippen molar-refractivity contribution in [1.82, 2.24) is 10.2 Å². The molecule has 1 aliphatic rings. The zero-order valence-corrected chi connectivity index (χ0v) is 16.5. The van der Waals surface area contributed by atoms with Crippen LogP contribution in [0.4, 0.5) is 5.69 Å². The summed E-state index contributed by atoms with van der Waals surface area (Å²) in [6.45, 7) is 5.48. The Morgan fingerprint density at radius 1 is 1.19 bits per heavy atom. The summed E-state index contributed by atoms with van der Waals surface area (Å²) >= 11 is 1.62. The van der Waals surface area contributed by atoms with E-state index in [1.165, 1.54) is 0 Å². The highest BCUT2D eigenvalue weighted by Crippen LogP contribution is 2.33. The lowest BCUT2D eigenvalue weighted by Gasteiger charge is -2.36. The van der Waals surface area contributed by atoms with Gasteiger partial charge in [-0.3, -0.25) is 14.5 Å². The summed E-state index contributed by atoms with van der Waals surface area (Å²) in [6, 6.07) is 17.6. The summed E-state index contributed by atoms with van der Waals surface area (Å²) in [5.74, 6) is 0.0552. The lowest BCUT2D eigenvalue weighted by Crippen LogP contribution is -2.58. The standard InChI is InChI=1S/C21H25N3O2S/c1-15(2)20-21(26)22-12-13-24(20)14-19(25)23-17-10-6-7-11-18(17)27-16-8-4-3-5-9-16/h3-11,15,20H,12-14H2,1-2H3,(H,22,26)(H,23,25). The average Bonchev–Trinajstić information content (AvgIpc) is 2.64. The number of nitrogens with one attached hydrogen (secondary N) is 2. The van der Waals surface area contributed by atoms with Gasteiger partial charge in [0.25, 0.3) is 0 Å². The molecule has 5 nitrogen and oxygen atoms in total. The Hall–Kier alpha value is -2.31. The number of carbonyl (C=O) groups excluding carboxylic acids is 2. The van der Waals surface area contributed by atoms with E-state index in [2.05, 4.69) is 10.6 Å². The third-order valence-electron chi connectivity index (χ3n) is 4.47. The van der Waals surface area contributed by atoms with E-state index in [1.807, 2.05) is 73.3 Å². The molecular weight excluding hydrogens is 358 g/mol. The van der Waals surface area contributed by atoms with Gasteiger partial charge in [0.2, 0.25) is 11.8 Å². The summed E-state index contributed by atoms with van der Waals surface area (Å²) in [5.41, 5.74) is 0.791. The predicted molar refractivity (Wildman–Crippen MR) is 109 cm³/mol. The molecule has 1 atom stereocenters. The summed E-state index contributed by atoms with van der Waals surface area (Å²) in [4.78, 5) is 28.9. The Balaban J connectivity index is 1.68. The van der Waals surface area contributed by atoms with Crippen LogP contribution in [0.15, 0.2) is 64.4 Å². The van der Waals surface area contributed by atoms with Crippen molar-refractivity contribution in [3.8, 4) is 0 Å². The van der Waals surface area contributed by atoms with Crippen molar-refractivity contribution in [2.45, 2.75) is 29.7 Å². The van der Waals surface area contributed by atoms with E-state index in [-0.39, 0.29) is 30.3 Å². The lowest BCUT2D eigenvalue weighted by atomic mass is 10.00. The van der Waals surface area contributed by atoms with Crippen LogP contribution >= 0.6 is 11.8 Å². The molecule has 1 unspecified atom stereocenters. The van der Waals surface area contributed by atoms with E-state index in [9.17, 15) is 9.59 Å². The number of nitrogens with zero attached hydrogens (tertiary/aromatic N) is 1. The molecule has 0 bridgehead atoms. The molecular formula is C21H25N3O2S. The molecule has 0 radical (unpaired) electrons. The maximum absolute atomic E-state index is 12.7. The van der Waals surface area contributed by atoms with Gasteiger partial charge in [-0.1, -0.05) is 55.9 Å². The fourth-order valence-corrected chi connectivity index (χ4v) is 4.21. The number of amides is 2. The third kappa shape index (κ3) is 5.11. The highest BCUT2D eigenvalue weighted by Gasteiger charge is 2.33. The normalized spacial score (nSPS) is 17.6. The first-order valence-electron chi connectivity index (χ1n) is 9.18. The third-order valence-corrected chi connectivity index (χ3v) is 5.55. The minimum atomic E-state index is -0.265. The van der Waals surface area contributed by atoms with Crippen LogP contribution in [0.1, 0.15) is 13.8 Å². The second kappa shape index (κ2) is 9.06. The van der Waals surface area contributed by atoms with Crippen LogP contribution in [0.3, 0.4) is 0 Å². The van der Waals surface area contributed by atoms with E-state index in [1.54, 1.807) is 11.8 Å². The summed E-state index contributed by atoms with van der Waals surface area (Å²) in [6.07, 6.45) is 0. The topological polar surface area (TPSA) is 61.4 Å². The number of anilines is 1. The van der Waals surface area contributed by atoms with Gasteiger partial charge >= 0.3 is 0 Å². The summed E-state index contributed by atoms with van der Waals surface area (Å²) < 4.78 is 0. The Morgan fingerprint density at radius 3 is 2.63 bits per heavy atom. The quantitative estimate of drug-likeness (QED) is 0.804. The van der Waals surface area contributed by atoms with Crippen molar-refractivity contribution in [2.24, 2.45) is 5.92 Å². The molecule has 3 rings (SSSR count). The van der Waals surface area contributed by atoms with E-state index >= 15 is 0 Å². The Kier molecular flexibility index (Phi) is 6.53. The smallest absolute Gasteiger partial charge is 0.238 e. The van der Waals surface area contributed by atoms with Crippen molar-refractivity contribution in [1.29, 1.82) is 0 Å². The monoisotopic (exact) mass is 383 g/mol. The van der Waals surface area contributed by atoms with Crippen LogP contribution < -0.4 is 10.6 Å². The molecule has 6 heteroatoms. The van der Waals surface area contributed by atoms with Crippen LogP contribution in [0, 0.1) is 5.92 Å². The van der Waals surface area contributed by atoms with Gasteiger partial charge in [-0.25, -0.2) is 0 Å². The molecule has 1 aliphatic heterocycles.